The van der Waals surface area contributed by atoms with Crippen molar-refractivity contribution in [2.75, 3.05) is 13.6 Å². The molecule has 2 nitrogen and oxygen atoms in total. The molecule has 1 heterocycles. The Hall–Kier alpha value is -1.28. The smallest absolute Gasteiger partial charge is 0.134 e. The third-order valence-corrected chi connectivity index (χ3v) is 2.65. The van der Waals surface area contributed by atoms with Crippen LogP contribution in [0.15, 0.2) is 28.7 Å². The highest BCUT2D eigenvalue weighted by Gasteiger charge is 2.04. The summed E-state index contributed by atoms with van der Waals surface area (Å²) >= 11 is 0. The van der Waals surface area contributed by atoms with Crippen LogP contribution in [0, 0.1) is 6.92 Å². The summed E-state index contributed by atoms with van der Waals surface area (Å²) in [5, 5.41) is 4.44. The number of rotatable bonds is 4. The number of hydrogen-bond acceptors (Lipinski definition) is 2. The molecule has 15 heavy (non-hydrogen) atoms. The molecule has 0 radical (unpaired) electrons. The molecule has 2 aromatic rings. The number of hydrogen-bond donors (Lipinski definition) is 1. The van der Waals surface area contributed by atoms with Crippen LogP contribution in [-0.2, 0) is 6.42 Å². The molecule has 0 spiro atoms. The van der Waals surface area contributed by atoms with E-state index in [0.717, 1.165) is 24.3 Å². The second-order valence-corrected chi connectivity index (χ2v) is 3.89. The molecule has 0 atom stereocenters. The van der Waals surface area contributed by atoms with E-state index in [9.17, 15) is 0 Å². The van der Waals surface area contributed by atoms with E-state index in [4.69, 9.17) is 4.42 Å². The maximum Gasteiger partial charge on any atom is 0.134 e. The summed E-state index contributed by atoms with van der Waals surface area (Å²) in [5.74, 6) is 0.992. The minimum Gasteiger partial charge on any atom is -0.461 e. The molecular weight excluding hydrogens is 186 g/mol. The lowest BCUT2D eigenvalue weighted by Crippen LogP contribution is -2.08. The van der Waals surface area contributed by atoms with E-state index in [1.807, 2.05) is 20.0 Å². The molecule has 2 heteroatoms. The molecule has 0 aliphatic carbocycles. The van der Waals surface area contributed by atoms with Crippen LogP contribution in [0.3, 0.4) is 0 Å². The highest BCUT2D eigenvalue weighted by molar-refractivity contribution is 5.81. The normalized spacial score (nSPS) is 11.1. The highest BCUT2D eigenvalue weighted by Crippen LogP contribution is 2.23. The van der Waals surface area contributed by atoms with Crippen LogP contribution in [0.25, 0.3) is 11.0 Å². The topological polar surface area (TPSA) is 25.2 Å². The molecule has 1 aromatic carbocycles. The first-order chi connectivity index (χ1) is 7.31. The van der Waals surface area contributed by atoms with Crippen LogP contribution in [-0.4, -0.2) is 13.6 Å². The zero-order chi connectivity index (χ0) is 10.7. The van der Waals surface area contributed by atoms with Gasteiger partial charge in [-0.25, -0.2) is 0 Å². The van der Waals surface area contributed by atoms with Crippen LogP contribution >= 0.6 is 0 Å². The van der Waals surface area contributed by atoms with Crippen LogP contribution in [0.2, 0.25) is 0 Å². The van der Waals surface area contributed by atoms with Gasteiger partial charge in [0.1, 0.15) is 11.3 Å². The van der Waals surface area contributed by atoms with Gasteiger partial charge in [-0.3, -0.25) is 0 Å². The van der Waals surface area contributed by atoms with Crippen molar-refractivity contribution in [3.8, 4) is 0 Å². The van der Waals surface area contributed by atoms with Gasteiger partial charge in [0.2, 0.25) is 0 Å². The van der Waals surface area contributed by atoms with Gasteiger partial charge in [-0.1, -0.05) is 12.1 Å². The Kier molecular flexibility index (Phi) is 3.07. The van der Waals surface area contributed by atoms with Crippen molar-refractivity contribution < 1.29 is 4.42 Å². The van der Waals surface area contributed by atoms with E-state index in [2.05, 4.69) is 23.5 Å². The number of benzene rings is 1. The third-order valence-electron chi connectivity index (χ3n) is 2.65. The molecule has 1 N–H and O–H groups in total. The predicted molar refractivity (Wildman–Crippen MR) is 63.2 cm³/mol. The SMILES string of the molecule is CNCCCc1cccc2oc(C)cc12. The van der Waals surface area contributed by atoms with Crippen LogP contribution in [0.5, 0.6) is 0 Å². The standard InChI is InChI=1S/C13H17NO/c1-10-9-12-11(6-4-8-14-2)5-3-7-13(12)15-10/h3,5,7,9,14H,4,6,8H2,1-2H3. The second kappa shape index (κ2) is 4.49. The van der Waals surface area contributed by atoms with E-state index >= 15 is 0 Å². The van der Waals surface area contributed by atoms with Gasteiger partial charge in [0.25, 0.3) is 0 Å². The zero-order valence-electron chi connectivity index (χ0n) is 9.34. The Morgan fingerprint density at radius 1 is 1.33 bits per heavy atom. The van der Waals surface area contributed by atoms with Crippen molar-refractivity contribution in [2.45, 2.75) is 19.8 Å². The molecule has 0 saturated heterocycles. The molecule has 0 saturated carbocycles. The monoisotopic (exact) mass is 203 g/mol. The van der Waals surface area contributed by atoms with E-state index in [0.29, 0.717) is 0 Å². The lowest BCUT2D eigenvalue weighted by molar-refractivity contribution is 0.578. The fourth-order valence-corrected chi connectivity index (χ4v) is 1.92. The van der Waals surface area contributed by atoms with Gasteiger partial charge in [0.15, 0.2) is 0 Å². The minimum atomic E-state index is 0.992. The van der Waals surface area contributed by atoms with Crippen molar-refractivity contribution in [3.63, 3.8) is 0 Å². The Morgan fingerprint density at radius 3 is 3.00 bits per heavy atom. The summed E-state index contributed by atoms with van der Waals surface area (Å²) < 4.78 is 5.60. The van der Waals surface area contributed by atoms with Gasteiger partial charge in [0, 0.05) is 5.39 Å². The van der Waals surface area contributed by atoms with Gasteiger partial charge in [-0.05, 0) is 51.1 Å². The average molecular weight is 203 g/mol. The molecule has 80 valence electrons. The first-order valence-electron chi connectivity index (χ1n) is 5.44. The summed E-state index contributed by atoms with van der Waals surface area (Å²) in [6, 6.07) is 8.42. The van der Waals surface area contributed by atoms with Gasteiger partial charge in [-0.15, -0.1) is 0 Å². The third kappa shape index (κ3) is 2.21. The largest absolute Gasteiger partial charge is 0.461 e. The van der Waals surface area contributed by atoms with Crippen molar-refractivity contribution in [3.05, 3.63) is 35.6 Å². The molecule has 0 aliphatic rings. The maximum atomic E-state index is 5.60. The number of furan rings is 1. The van der Waals surface area contributed by atoms with Crippen molar-refractivity contribution >= 4 is 11.0 Å². The summed E-state index contributed by atoms with van der Waals surface area (Å²) in [6.45, 7) is 3.06. The van der Waals surface area contributed by atoms with Gasteiger partial charge >= 0.3 is 0 Å². The molecular formula is C13H17NO. The molecule has 1 aromatic heterocycles. The number of aryl methyl sites for hydroxylation is 2. The number of nitrogens with one attached hydrogen (secondary N) is 1. The van der Waals surface area contributed by atoms with Crippen LogP contribution in [0.4, 0.5) is 0 Å². The summed E-state index contributed by atoms with van der Waals surface area (Å²) in [5.41, 5.74) is 2.40. The Bertz CT molecular complexity index is 445. The molecule has 0 amide bonds. The van der Waals surface area contributed by atoms with Gasteiger partial charge in [-0.2, -0.15) is 0 Å². The summed E-state index contributed by atoms with van der Waals surface area (Å²) in [6.07, 6.45) is 2.27. The van der Waals surface area contributed by atoms with E-state index < -0.39 is 0 Å². The van der Waals surface area contributed by atoms with Crippen molar-refractivity contribution in [1.82, 2.24) is 5.32 Å². The Balaban J connectivity index is 2.25. The molecule has 2 rings (SSSR count). The summed E-state index contributed by atoms with van der Waals surface area (Å²) in [4.78, 5) is 0. The molecule has 0 bridgehead atoms. The first kappa shape index (κ1) is 10.2. The van der Waals surface area contributed by atoms with Gasteiger partial charge < -0.3 is 9.73 Å². The Labute approximate surface area is 90.3 Å². The van der Waals surface area contributed by atoms with Crippen LogP contribution in [0.1, 0.15) is 17.7 Å². The minimum absolute atomic E-state index is 0.992. The molecule has 0 fully saturated rings. The van der Waals surface area contributed by atoms with E-state index in [1.165, 1.54) is 17.4 Å². The Morgan fingerprint density at radius 2 is 2.20 bits per heavy atom. The highest BCUT2D eigenvalue weighted by atomic mass is 16.3. The van der Waals surface area contributed by atoms with E-state index in [-0.39, 0.29) is 0 Å². The number of fused-ring (bicyclic) bond motifs is 1. The lowest BCUT2D eigenvalue weighted by Gasteiger charge is -2.01. The molecule has 0 unspecified atom stereocenters. The fourth-order valence-electron chi connectivity index (χ4n) is 1.92. The summed E-state index contributed by atoms with van der Waals surface area (Å²) in [7, 11) is 1.99. The second-order valence-electron chi connectivity index (χ2n) is 3.89. The molecule has 0 aliphatic heterocycles. The predicted octanol–water partition coefficient (Wildman–Crippen LogP) is 2.89. The quantitative estimate of drug-likeness (QED) is 0.773. The van der Waals surface area contributed by atoms with Crippen molar-refractivity contribution in [2.24, 2.45) is 0 Å². The zero-order valence-corrected chi connectivity index (χ0v) is 9.34. The lowest BCUT2D eigenvalue weighted by atomic mass is 10.1. The van der Waals surface area contributed by atoms with Crippen LogP contribution < -0.4 is 5.32 Å². The van der Waals surface area contributed by atoms with E-state index in [1.54, 1.807) is 0 Å². The van der Waals surface area contributed by atoms with Gasteiger partial charge in [0.05, 0.1) is 0 Å². The first-order valence-corrected chi connectivity index (χ1v) is 5.44. The fraction of sp³-hybridized carbons (Fsp3) is 0.385. The van der Waals surface area contributed by atoms with Crippen molar-refractivity contribution in [1.29, 1.82) is 0 Å². The average Bonchev–Trinajstić information content (AvgIpc) is 2.59. The maximum absolute atomic E-state index is 5.60.